The van der Waals surface area contributed by atoms with Crippen molar-refractivity contribution in [2.75, 3.05) is 0 Å². The van der Waals surface area contributed by atoms with Gasteiger partial charge in [-0.3, -0.25) is 14.5 Å². The Morgan fingerprint density at radius 2 is 2.29 bits per heavy atom. The van der Waals surface area contributed by atoms with Gasteiger partial charge in [0.25, 0.3) is 5.69 Å². The van der Waals surface area contributed by atoms with Crippen molar-refractivity contribution in [2.45, 2.75) is 0 Å². The molecule has 0 saturated heterocycles. The first kappa shape index (κ1) is 9.91. The van der Waals surface area contributed by atoms with E-state index in [0.717, 1.165) is 10.5 Å². The zero-order valence-corrected chi connectivity index (χ0v) is 9.29. The molecular weight excluding hydrogens is 240 g/mol. The van der Waals surface area contributed by atoms with Gasteiger partial charge in [-0.05, 0) is 0 Å². The highest BCUT2D eigenvalue weighted by molar-refractivity contribution is 7.11. The number of nitrogens with zero attached hydrogens (tertiary/aromatic N) is 4. The molecule has 0 fully saturated rings. The highest BCUT2D eigenvalue weighted by atomic mass is 32.1. The van der Waals surface area contributed by atoms with Crippen LogP contribution in [0, 0.1) is 10.1 Å². The molecule has 6 nitrogen and oxygen atoms in total. The molecule has 0 radical (unpaired) electrons. The molecule has 0 spiro atoms. The average Bonchev–Trinajstić information content (AvgIpc) is 2.89. The zero-order chi connectivity index (χ0) is 11.8. The van der Waals surface area contributed by atoms with Crippen LogP contribution in [0.5, 0.6) is 0 Å². The molecular formula is C10H6N4O2S. The molecule has 0 aliphatic rings. The zero-order valence-electron chi connectivity index (χ0n) is 8.48. The van der Waals surface area contributed by atoms with E-state index in [1.165, 1.54) is 23.7 Å². The van der Waals surface area contributed by atoms with Gasteiger partial charge in [-0.25, -0.2) is 4.98 Å². The minimum absolute atomic E-state index is 0.0666. The van der Waals surface area contributed by atoms with Crippen molar-refractivity contribution in [2.24, 2.45) is 0 Å². The minimum atomic E-state index is -0.413. The lowest BCUT2D eigenvalue weighted by Crippen LogP contribution is -1.87. The van der Waals surface area contributed by atoms with E-state index < -0.39 is 4.92 Å². The van der Waals surface area contributed by atoms with Crippen LogP contribution < -0.4 is 0 Å². The third kappa shape index (κ3) is 1.66. The van der Waals surface area contributed by atoms with E-state index in [2.05, 4.69) is 9.36 Å². The van der Waals surface area contributed by atoms with Crippen LogP contribution in [0.1, 0.15) is 0 Å². The number of imidazole rings is 1. The van der Waals surface area contributed by atoms with E-state index in [-0.39, 0.29) is 5.69 Å². The average molecular weight is 246 g/mol. The number of hydrogen-bond donors (Lipinski definition) is 0. The number of nitro groups is 1. The predicted molar refractivity (Wildman–Crippen MR) is 63.0 cm³/mol. The second-order valence-electron chi connectivity index (χ2n) is 3.44. The summed E-state index contributed by atoms with van der Waals surface area (Å²) in [5.74, 6) is 0. The van der Waals surface area contributed by atoms with Crippen molar-refractivity contribution in [1.82, 2.24) is 13.8 Å². The Balaban J connectivity index is 2.12. The van der Waals surface area contributed by atoms with Crippen LogP contribution in [0.4, 0.5) is 5.69 Å². The number of aromatic nitrogens is 3. The molecule has 2 heterocycles. The number of benzene rings is 1. The van der Waals surface area contributed by atoms with Gasteiger partial charge in [0.2, 0.25) is 4.96 Å². The van der Waals surface area contributed by atoms with Crippen molar-refractivity contribution >= 4 is 22.2 Å². The Bertz CT molecular complexity index is 674. The lowest BCUT2D eigenvalue weighted by Gasteiger charge is -1.95. The molecule has 1 aromatic carbocycles. The smallest absolute Gasteiger partial charge is 0.270 e. The lowest BCUT2D eigenvalue weighted by atomic mass is 10.1. The summed E-state index contributed by atoms with van der Waals surface area (Å²) in [6, 6.07) is 6.43. The van der Waals surface area contributed by atoms with Crippen LogP contribution in [-0.4, -0.2) is 18.7 Å². The van der Waals surface area contributed by atoms with E-state index >= 15 is 0 Å². The fraction of sp³-hybridized carbons (Fsp3) is 0. The van der Waals surface area contributed by atoms with Crippen molar-refractivity contribution in [3.05, 3.63) is 46.9 Å². The third-order valence-electron chi connectivity index (χ3n) is 2.36. The summed E-state index contributed by atoms with van der Waals surface area (Å²) in [6.07, 6.45) is 3.46. The Hall–Kier alpha value is -2.28. The maximum absolute atomic E-state index is 10.7. The van der Waals surface area contributed by atoms with E-state index in [4.69, 9.17) is 0 Å². The fourth-order valence-corrected chi connectivity index (χ4v) is 2.14. The number of hydrogen-bond acceptors (Lipinski definition) is 5. The normalized spacial score (nSPS) is 10.8. The Morgan fingerprint density at radius 1 is 1.41 bits per heavy atom. The summed E-state index contributed by atoms with van der Waals surface area (Å²) < 4.78 is 5.77. The summed E-state index contributed by atoms with van der Waals surface area (Å²) in [6.45, 7) is 0. The molecule has 7 heteroatoms. The molecule has 0 unspecified atom stereocenters. The van der Waals surface area contributed by atoms with Gasteiger partial charge >= 0.3 is 0 Å². The topological polar surface area (TPSA) is 73.3 Å². The van der Waals surface area contributed by atoms with Gasteiger partial charge in [0.1, 0.15) is 6.33 Å². The second kappa shape index (κ2) is 3.63. The SMILES string of the molecule is O=[N+]([O-])c1cccc(-c2cn3cnsc3n2)c1. The number of rotatable bonds is 2. The quantitative estimate of drug-likeness (QED) is 0.514. The molecule has 0 amide bonds. The van der Waals surface area contributed by atoms with Gasteiger partial charge in [0, 0.05) is 35.4 Å². The van der Waals surface area contributed by atoms with Gasteiger partial charge in [-0.1, -0.05) is 12.1 Å². The molecule has 0 aliphatic heterocycles. The number of nitro benzene ring substituents is 1. The number of fused-ring (bicyclic) bond motifs is 1. The Kier molecular flexibility index (Phi) is 2.12. The Morgan fingerprint density at radius 3 is 3.06 bits per heavy atom. The van der Waals surface area contributed by atoms with E-state index in [9.17, 15) is 10.1 Å². The number of non-ortho nitro benzene ring substituents is 1. The van der Waals surface area contributed by atoms with Crippen LogP contribution in [0.3, 0.4) is 0 Å². The van der Waals surface area contributed by atoms with Crippen LogP contribution in [-0.2, 0) is 0 Å². The van der Waals surface area contributed by atoms with Crippen molar-refractivity contribution < 1.29 is 4.92 Å². The van der Waals surface area contributed by atoms with Gasteiger partial charge < -0.3 is 0 Å². The summed E-state index contributed by atoms with van der Waals surface area (Å²) in [4.78, 5) is 15.4. The molecule has 0 saturated carbocycles. The maximum Gasteiger partial charge on any atom is 0.270 e. The molecule has 0 N–H and O–H groups in total. The third-order valence-corrected chi connectivity index (χ3v) is 3.02. The highest BCUT2D eigenvalue weighted by Gasteiger charge is 2.10. The largest absolute Gasteiger partial charge is 0.279 e. The standard InChI is InChI=1S/C10H6N4O2S/c15-14(16)8-3-1-2-7(4-8)9-5-13-6-11-17-10(13)12-9/h1-6H. The molecule has 3 aromatic rings. The van der Waals surface area contributed by atoms with Crippen LogP contribution >= 0.6 is 11.5 Å². The maximum atomic E-state index is 10.7. The van der Waals surface area contributed by atoms with Gasteiger partial charge in [-0.2, -0.15) is 4.37 Å². The summed E-state index contributed by atoms with van der Waals surface area (Å²) in [7, 11) is 0. The minimum Gasteiger partial charge on any atom is -0.279 e. The van der Waals surface area contributed by atoms with Crippen LogP contribution in [0.25, 0.3) is 16.2 Å². The first-order chi connectivity index (χ1) is 8.24. The predicted octanol–water partition coefficient (Wildman–Crippen LogP) is 2.37. The summed E-state index contributed by atoms with van der Waals surface area (Å²) in [5.41, 5.74) is 1.51. The van der Waals surface area contributed by atoms with Crippen LogP contribution in [0.15, 0.2) is 36.8 Å². The molecule has 0 atom stereocenters. The van der Waals surface area contributed by atoms with Gasteiger partial charge in [-0.15, -0.1) is 0 Å². The molecule has 2 aromatic heterocycles. The first-order valence-corrected chi connectivity index (χ1v) is 5.55. The molecule has 84 valence electrons. The van der Waals surface area contributed by atoms with Crippen molar-refractivity contribution in [3.63, 3.8) is 0 Å². The highest BCUT2D eigenvalue weighted by Crippen LogP contribution is 2.24. The van der Waals surface area contributed by atoms with E-state index in [0.29, 0.717) is 5.69 Å². The lowest BCUT2D eigenvalue weighted by molar-refractivity contribution is -0.384. The molecule has 17 heavy (non-hydrogen) atoms. The summed E-state index contributed by atoms with van der Waals surface area (Å²) in [5, 5.41) is 10.7. The second-order valence-corrected chi connectivity index (χ2v) is 4.19. The Labute approximate surface area is 99.5 Å². The first-order valence-electron chi connectivity index (χ1n) is 4.78. The molecule has 3 rings (SSSR count). The van der Waals surface area contributed by atoms with Gasteiger partial charge in [0.15, 0.2) is 0 Å². The monoisotopic (exact) mass is 246 g/mol. The van der Waals surface area contributed by atoms with Crippen molar-refractivity contribution in [3.8, 4) is 11.3 Å². The van der Waals surface area contributed by atoms with E-state index in [1.54, 1.807) is 29.1 Å². The summed E-state index contributed by atoms with van der Waals surface area (Å²) >= 11 is 1.28. The van der Waals surface area contributed by atoms with Gasteiger partial charge in [0.05, 0.1) is 10.6 Å². The van der Waals surface area contributed by atoms with E-state index in [1.807, 2.05) is 0 Å². The van der Waals surface area contributed by atoms with Crippen LogP contribution in [0.2, 0.25) is 0 Å². The molecule has 0 bridgehead atoms. The van der Waals surface area contributed by atoms with Crippen molar-refractivity contribution in [1.29, 1.82) is 0 Å². The fourth-order valence-electron chi connectivity index (χ4n) is 1.57. The molecule has 0 aliphatic carbocycles.